The average molecular weight is 411 g/mol. The van der Waals surface area contributed by atoms with Gasteiger partial charge in [-0.1, -0.05) is 13.8 Å². The fourth-order valence-corrected chi connectivity index (χ4v) is 4.80. The van der Waals surface area contributed by atoms with Gasteiger partial charge in [-0.25, -0.2) is 0 Å². The molecule has 0 aliphatic carbocycles. The predicted molar refractivity (Wildman–Crippen MR) is 88.8 cm³/mol. The van der Waals surface area contributed by atoms with Gasteiger partial charge in [-0.05, 0) is 63.6 Å². The monoisotopic (exact) mass is 409 g/mol. The van der Waals surface area contributed by atoms with Gasteiger partial charge >= 0.3 is 0 Å². The summed E-state index contributed by atoms with van der Waals surface area (Å²) in [5.74, 6) is 0. The van der Waals surface area contributed by atoms with Crippen molar-refractivity contribution in [1.82, 2.24) is 5.32 Å². The minimum Gasteiger partial charge on any atom is -0.375 e. The van der Waals surface area contributed by atoms with Crippen LogP contribution in [0.1, 0.15) is 44.4 Å². The summed E-state index contributed by atoms with van der Waals surface area (Å²) in [6.07, 6.45) is 4.47. The van der Waals surface area contributed by atoms with Gasteiger partial charge in [-0.15, -0.1) is 11.3 Å². The highest BCUT2D eigenvalue weighted by atomic mass is 79.9. The molecule has 5 heteroatoms. The quantitative estimate of drug-likeness (QED) is 0.728. The van der Waals surface area contributed by atoms with Crippen LogP contribution in [-0.2, 0) is 11.3 Å². The highest BCUT2D eigenvalue weighted by Gasteiger charge is 2.34. The fraction of sp³-hybridized carbons (Fsp3) is 0.714. The number of hydrogen-bond acceptors (Lipinski definition) is 3. The van der Waals surface area contributed by atoms with Crippen LogP contribution in [0.2, 0.25) is 0 Å². The van der Waals surface area contributed by atoms with Crippen LogP contribution in [0.15, 0.2) is 14.3 Å². The SMILES string of the molecule is CCC1(CC)CC(NCc2cc(Br)c(Br)s2)CCO1. The molecule has 19 heavy (non-hydrogen) atoms. The van der Waals surface area contributed by atoms with E-state index in [1.54, 1.807) is 11.3 Å². The second-order valence-corrected chi connectivity index (χ2v) is 8.45. The van der Waals surface area contributed by atoms with E-state index in [-0.39, 0.29) is 5.60 Å². The smallest absolute Gasteiger partial charge is 0.0843 e. The Labute approximate surface area is 136 Å². The van der Waals surface area contributed by atoms with E-state index in [0.717, 1.165) is 43.3 Å². The molecule has 0 radical (unpaired) electrons. The molecule has 1 saturated heterocycles. The molecule has 2 rings (SSSR count). The third-order valence-corrected chi connectivity index (χ3v) is 7.30. The van der Waals surface area contributed by atoms with Crippen LogP contribution in [0, 0.1) is 0 Å². The minimum absolute atomic E-state index is 0.104. The molecule has 1 aromatic heterocycles. The van der Waals surface area contributed by atoms with Gasteiger partial charge in [-0.3, -0.25) is 0 Å². The van der Waals surface area contributed by atoms with Crippen molar-refractivity contribution in [2.24, 2.45) is 0 Å². The van der Waals surface area contributed by atoms with E-state index in [1.165, 1.54) is 8.66 Å². The third kappa shape index (κ3) is 4.03. The van der Waals surface area contributed by atoms with Crippen molar-refractivity contribution in [1.29, 1.82) is 0 Å². The summed E-state index contributed by atoms with van der Waals surface area (Å²) in [6.45, 7) is 6.30. The Balaban J connectivity index is 1.89. The van der Waals surface area contributed by atoms with Crippen LogP contribution in [0.5, 0.6) is 0 Å². The minimum atomic E-state index is 0.104. The Kier molecular flexibility index (Phi) is 5.90. The third-order valence-electron chi connectivity index (χ3n) is 4.04. The van der Waals surface area contributed by atoms with Crippen LogP contribution < -0.4 is 5.32 Å². The molecular formula is C14H21Br2NOS. The Bertz CT molecular complexity index is 398. The zero-order chi connectivity index (χ0) is 13.9. The Morgan fingerprint density at radius 3 is 2.74 bits per heavy atom. The Morgan fingerprint density at radius 2 is 2.16 bits per heavy atom. The van der Waals surface area contributed by atoms with E-state index in [0.29, 0.717) is 6.04 Å². The molecule has 1 aliphatic rings. The number of hydrogen-bond donors (Lipinski definition) is 1. The topological polar surface area (TPSA) is 21.3 Å². The first-order valence-corrected chi connectivity index (χ1v) is 9.30. The van der Waals surface area contributed by atoms with E-state index in [1.807, 2.05) is 0 Å². The molecule has 0 spiro atoms. The summed E-state index contributed by atoms with van der Waals surface area (Å²) >= 11 is 8.88. The van der Waals surface area contributed by atoms with Gasteiger partial charge in [0.2, 0.25) is 0 Å². The highest BCUT2D eigenvalue weighted by molar-refractivity contribution is 9.13. The lowest BCUT2D eigenvalue weighted by Gasteiger charge is -2.40. The number of rotatable bonds is 5. The summed E-state index contributed by atoms with van der Waals surface area (Å²) in [7, 11) is 0. The molecule has 0 amide bonds. The summed E-state index contributed by atoms with van der Waals surface area (Å²) in [5, 5.41) is 3.69. The molecule has 1 fully saturated rings. The van der Waals surface area contributed by atoms with E-state index >= 15 is 0 Å². The maximum atomic E-state index is 6.02. The molecular weight excluding hydrogens is 390 g/mol. The fourth-order valence-electron chi connectivity index (χ4n) is 2.67. The van der Waals surface area contributed by atoms with Crippen molar-refractivity contribution in [3.63, 3.8) is 0 Å². The summed E-state index contributed by atoms with van der Waals surface area (Å²) in [6, 6.07) is 2.77. The van der Waals surface area contributed by atoms with Gasteiger partial charge in [0.15, 0.2) is 0 Å². The predicted octanol–water partition coefficient (Wildman–Crippen LogP) is 5.10. The number of ether oxygens (including phenoxy) is 1. The Hall–Kier alpha value is 0.580. The second-order valence-electron chi connectivity index (χ2n) is 5.14. The highest BCUT2D eigenvalue weighted by Crippen LogP contribution is 2.34. The standard InChI is InChI=1S/C14H21Br2NOS/c1-3-14(4-2)8-10(5-6-18-14)17-9-11-7-12(15)13(16)19-11/h7,10,17H,3-6,8-9H2,1-2H3. The molecule has 2 heterocycles. The van der Waals surface area contributed by atoms with Crippen LogP contribution in [0.25, 0.3) is 0 Å². The molecule has 0 bridgehead atoms. The second kappa shape index (κ2) is 7.03. The summed E-state index contributed by atoms with van der Waals surface area (Å²) < 4.78 is 8.34. The van der Waals surface area contributed by atoms with E-state index in [9.17, 15) is 0 Å². The van der Waals surface area contributed by atoms with Gasteiger partial charge in [0.05, 0.1) is 9.39 Å². The molecule has 1 N–H and O–H groups in total. The lowest BCUT2D eigenvalue weighted by molar-refractivity contribution is -0.0931. The molecule has 1 aromatic rings. The average Bonchev–Trinajstić information content (AvgIpc) is 2.76. The molecule has 0 saturated carbocycles. The molecule has 0 aromatic carbocycles. The molecule has 108 valence electrons. The van der Waals surface area contributed by atoms with E-state index in [4.69, 9.17) is 4.74 Å². The van der Waals surface area contributed by atoms with Crippen molar-refractivity contribution in [2.45, 2.75) is 57.7 Å². The summed E-state index contributed by atoms with van der Waals surface area (Å²) in [5.41, 5.74) is 0.104. The van der Waals surface area contributed by atoms with Gasteiger partial charge in [0.1, 0.15) is 0 Å². The van der Waals surface area contributed by atoms with Gasteiger partial charge in [-0.2, -0.15) is 0 Å². The maximum Gasteiger partial charge on any atom is 0.0843 e. The first-order chi connectivity index (χ1) is 9.08. The molecule has 1 atom stereocenters. The first kappa shape index (κ1) is 16.0. The van der Waals surface area contributed by atoms with Crippen LogP contribution >= 0.6 is 43.2 Å². The zero-order valence-electron chi connectivity index (χ0n) is 11.5. The first-order valence-electron chi connectivity index (χ1n) is 6.89. The van der Waals surface area contributed by atoms with E-state index < -0.39 is 0 Å². The number of nitrogens with one attached hydrogen (secondary N) is 1. The van der Waals surface area contributed by atoms with Crippen molar-refractivity contribution in [3.05, 3.63) is 19.2 Å². The van der Waals surface area contributed by atoms with Crippen LogP contribution in [-0.4, -0.2) is 18.2 Å². The van der Waals surface area contributed by atoms with Gasteiger partial charge in [0, 0.05) is 28.5 Å². The van der Waals surface area contributed by atoms with Crippen molar-refractivity contribution < 1.29 is 4.74 Å². The molecule has 1 unspecified atom stereocenters. The van der Waals surface area contributed by atoms with Crippen molar-refractivity contribution in [2.75, 3.05) is 6.61 Å². The molecule has 1 aliphatic heterocycles. The zero-order valence-corrected chi connectivity index (χ0v) is 15.5. The lowest BCUT2D eigenvalue weighted by Crippen LogP contribution is -2.46. The largest absolute Gasteiger partial charge is 0.375 e. The number of thiophene rings is 1. The van der Waals surface area contributed by atoms with Crippen molar-refractivity contribution >= 4 is 43.2 Å². The van der Waals surface area contributed by atoms with Crippen LogP contribution in [0.3, 0.4) is 0 Å². The maximum absolute atomic E-state index is 6.02. The van der Waals surface area contributed by atoms with Crippen molar-refractivity contribution in [3.8, 4) is 0 Å². The van der Waals surface area contributed by atoms with Gasteiger partial charge in [0.25, 0.3) is 0 Å². The normalized spacial score (nSPS) is 22.6. The van der Waals surface area contributed by atoms with Crippen LogP contribution in [0.4, 0.5) is 0 Å². The summed E-state index contributed by atoms with van der Waals surface area (Å²) in [4.78, 5) is 1.36. The molecule has 2 nitrogen and oxygen atoms in total. The number of halogens is 2. The lowest BCUT2D eigenvalue weighted by atomic mass is 9.86. The Morgan fingerprint density at radius 1 is 1.42 bits per heavy atom. The van der Waals surface area contributed by atoms with E-state index in [2.05, 4.69) is 57.1 Å². The van der Waals surface area contributed by atoms with Gasteiger partial charge < -0.3 is 10.1 Å².